The van der Waals surface area contributed by atoms with E-state index < -0.39 is 16.9 Å². The van der Waals surface area contributed by atoms with Crippen LogP contribution in [0.4, 0.5) is 34.1 Å². The fourth-order valence-corrected chi connectivity index (χ4v) is 6.09. The van der Waals surface area contributed by atoms with Crippen molar-refractivity contribution >= 4 is 46.1 Å². The number of ether oxygens (including phenoxy) is 2. The normalized spacial score (nSPS) is 10.5. The summed E-state index contributed by atoms with van der Waals surface area (Å²) in [7, 11) is 1.98. The molecule has 57 heavy (non-hydrogen) atoms. The van der Waals surface area contributed by atoms with E-state index in [0.29, 0.717) is 12.2 Å². The Morgan fingerprint density at radius 2 is 1.04 bits per heavy atom. The summed E-state index contributed by atoms with van der Waals surface area (Å²) in [6, 6.07) is 47.5. The van der Waals surface area contributed by atoms with Gasteiger partial charge in [0, 0.05) is 53.7 Å². The Balaban J connectivity index is 1.15. The summed E-state index contributed by atoms with van der Waals surface area (Å²) >= 11 is 0. The standard InChI is InChI=1S/C47H38N4O6/c1-4-46(52)56-44-27-23-39(24-28-44)49(3)38-15-7-34(8-16-38)5-6-35-9-17-40(18-10-35)50(42-25-29-45(30-26-42)57-47(53)33(2)32-48)41-19-11-36(12-20-41)31-37-13-21-43(22-14-37)51(54)55/h4,7-30H,1-2,5-6,31H2,3H3. The predicted molar refractivity (Wildman–Crippen MR) is 222 cm³/mol. The lowest BCUT2D eigenvalue weighted by molar-refractivity contribution is -0.384. The summed E-state index contributed by atoms with van der Waals surface area (Å²) in [5, 5.41) is 20.1. The van der Waals surface area contributed by atoms with E-state index >= 15 is 0 Å². The highest BCUT2D eigenvalue weighted by Crippen LogP contribution is 2.36. The number of anilines is 5. The average molecular weight is 755 g/mol. The van der Waals surface area contributed by atoms with Gasteiger partial charge in [0.2, 0.25) is 0 Å². The molecule has 10 nitrogen and oxygen atoms in total. The second-order valence-corrected chi connectivity index (χ2v) is 13.1. The van der Waals surface area contributed by atoms with Crippen LogP contribution in [0, 0.1) is 21.4 Å². The number of nitro groups is 1. The highest BCUT2D eigenvalue weighted by atomic mass is 16.6. The Bertz CT molecular complexity index is 2420. The molecule has 6 rings (SSSR count). The third-order valence-corrected chi connectivity index (χ3v) is 9.27. The fourth-order valence-electron chi connectivity index (χ4n) is 6.09. The van der Waals surface area contributed by atoms with Crippen LogP contribution in [-0.2, 0) is 28.9 Å². The molecule has 0 amide bonds. The fraction of sp³-hybridized carbons (Fsp3) is 0.0851. The zero-order valence-corrected chi connectivity index (χ0v) is 31.2. The largest absolute Gasteiger partial charge is 0.423 e. The molecule has 10 heteroatoms. The zero-order valence-electron chi connectivity index (χ0n) is 31.2. The van der Waals surface area contributed by atoms with Crippen molar-refractivity contribution in [2.75, 3.05) is 16.8 Å². The lowest BCUT2D eigenvalue weighted by atomic mass is 10.0. The van der Waals surface area contributed by atoms with Gasteiger partial charge in [-0.1, -0.05) is 61.7 Å². The summed E-state index contributed by atoms with van der Waals surface area (Å²) < 4.78 is 10.5. The Kier molecular flexibility index (Phi) is 12.3. The van der Waals surface area contributed by atoms with Gasteiger partial charge in [0.05, 0.1) is 4.92 Å². The van der Waals surface area contributed by atoms with Crippen molar-refractivity contribution in [2.45, 2.75) is 19.3 Å². The maximum atomic E-state index is 12.1. The maximum Gasteiger partial charge on any atom is 0.353 e. The van der Waals surface area contributed by atoms with Gasteiger partial charge < -0.3 is 19.3 Å². The third-order valence-electron chi connectivity index (χ3n) is 9.27. The number of carbonyl (C=O) groups is 2. The molecule has 0 aliphatic heterocycles. The topological polar surface area (TPSA) is 126 Å². The van der Waals surface area contributed by atoms with Gasteiger partial charge in [-0.05, 0) is 126 Å². The molecule has 0 bridgehead atoms. The quantitative estimate of drug-likeness (QED) is 0.0251. The van der Waals surface area contributed by atoms with Gasteiger partial charge in [-0.3, -0.25) is 10.1 Å². The minimum absolute atomic E-state index is 0.0564. The molecule has 0 spiro atoms. The summed E-state index contributed by atoms with van der Waals surface area (Å²) in [6.45, 7) is 6.85. The molecule has 0 unspecified atom stereocenters. The minimum atomic E-state index is -0.804. The number of esters is 2. The van der Waals surface area contributed by atoms with Crippen LogP contribution in [0.2, 0.25) is 0 Å². The first kappa shape index (κ1) is 38.9. The molecule has 0 radical (unpaired) electrons. The van der Waals surface area contributed by atoms with Crippen molar-refractivity contribution in [3.8, 4) is 17.6 Å². The van der Waals surface area contributed by atoms with Gasteiger partial charge in [0.15, 0.2) is 0 Å². The molecule has 0 saturated heterocycles. The summed E-state index contributed by atoms with van der Waals surface area (Å²) in [4.78, 5) is 38.4. The van der Waals surface area contributed by atoms with Gasteiger partial charge in [-0.25, -0.2) is 9.59 Å². The average Bonchev–Trinajstić information content (AvgIpc) is 3.24. The monoisotopic (exact) mass is 754 g/mol. The second kappa shape index (κ2) is 18.0. The number of benzene rings is 6. The Morgan fingerprint density at radius 3 is 1.47 bits per heavy atom. The van der Waals surface area contributed by atoms with Crippen LogP contribution in [0.25, 0.3) is 0 Å². The molecule has 0 N–H and O–H groups in total. The summed E-state index contributed by atoms with van der Waals surface area (Å²) in [6.07, 6.45) is 3.44. The number of hydrogen-bond acceptors (Lipinski definition) is 9. The van der Waals surface area contributed by atoms with Gasteiger partial charge in [-0.2, -0.15) is 5.26 Å². The van der Waals surface area contributed by atoms with E-state index in [1.807, 2.05) is 55.6 Å². The number of hydrogen-bond donors (Lipinski definition) is 0. The van der Waals surface area contributed by atoms with Gasteiger partial charge in [-0.15, -0.1) is 0 Å². The zero-order chi connectivity index (χ0) is 40.3. The maximum absolute atomic E-state index is 12.1. The van der Waals surface area contributed by atoms with E-state index in [-0.39, 0.29) is 17.0 Å². The SMILES string of the molecule is C=CC(=O)Oc1ccc(N(C)c2ccc(CCc3ccc(N(c4ccc(Cc5ccc([N+](=O)[O-])cc5)cc4)c4ccc(OC(=O)C(=C)C#N)cc4)cc3)cc2)cc1. The lowest BCUT2D eigenvalue weighted by Gasteiger charge is -2.26. The van der Waals surface area contributed by atoms with Crippen molar-refractivity contribution in [1.82, 2.24) is 0 Å². The van der Waals surface area contributed by atoms with Gasteiger partial charge >= 0.3 is 11.9 Å². The second-order valence-electron chi connectivity index (χ2n) is 13.1. The number of nitro benzene ring substituents is 1. The first-order chi connectivity index (χ1) is 27.6. The van der Waals surface area contributed by atoms with E-state index in [1.165, 1.54) is 23.3 Å². The van der Waals surface area contributed by atoms with E-state index in [2.05, 4.69) is 71.5 Å². The number of non-ortho nitro benzene ring substituents is 1. The van der Waals surface area contributed by atoms with Crippen molar-refractivity contribution in [1.29, 1.82) is 5.26 Å². The molecule has 0 heterocycles. The van der Waals surface area contributed by atoms with Crippen LogP contribution in [0.15, 0.2) is 170 Å². The van der Waals surface area contributed by atoms with Crippen molar-refractivity contribution in [3.05, 3.63) is 203 Å². The van der Waals surface area contributed by atoms with Crippen LogP contribution in [0.5, 0.6) is 11.5 Å². The summed E-state index contributed by atoms with van der Waals surface area (Å²) in [5.41, 5.74) is 8.78. The first-order valence-corrected chi connectivity index (χ1v) is 18.0. The minimum Gasteiger partial charge on any atom is -0.423 e. The first-order valence-electron chi connectivity index (χ1n) is 18.0. The molecule has 282 valence electrons. The lowest BCUT2D eigenvalue weighted by Crippen LogP contribution is -2.11. The Hall–Kier alpha value is -7.77. The number of nitrogens with zero attached hydrogens (tertiary/aromatic N) is 4. The number of carbonyl (C=O) groups excluding carboxylic acids is 2. The third kappa shape index (κ3) is 10.1. The number of aryl methyl sites for hydroxylation is 2. The van der Waals surface area contributed by atoms with E-state index in [1.54, 1.807) is 42.5 Å². The van der Waals surface area contributed by atoms with Crippen LogP contribution >= 0.6 is 0 Å². The van der Waals surface area contributed by atoms with Crippen LogP contribution in [0.3, 0.4) is 0 Å². The van der Waals surface area contributed by atoms with Crippen LogP contribution < -0.4 is 19.3 Å². The predicted octanol–water partition coefficient (Wildman–Crippen LogP) is 10.3. The molecule has 0 saturated carbocycles. The molecular formula is C47H38N4O6. The Labute approximate surface area is 330 Å². The molecule has 6 aromatic rings. The van der Waals surface area contributed by atoms with E-state index in [9.17, 15) is 19.7 Å². The molecule has 0 atom stereocenters. The van der Waals surface area contributed by atoms with Gasteiger partial charge in [0.1, 0.15) is 23.1 Å². The van der Waals surface area contributed by atoms with E-state index in [4.69, 9.17) is 14.7 Å². The number of nitriles is 1. The highest BCUT2D eigenvalue weighted by Gasteiger charge is 2.15. The van der Waals surface area contributed by atoms with E-state index in [0.717, 1.165) is 58.5 Å². The van der Waals surface area contributed by atoms with Gasteiger partial charge in [0.25, 0.3) is 5.69 Å². The van der Waals surface area contributed by atoms with Crippen molar-refractivity contribution in [3.63, 3.8) is 0 Å². The van der Waals surface area contributed by atoms with Crippen LogP contribution in [-0.4, -0.2) is 23.9 Å². The molecular weight excluding hydrogens is 717 g/mol. The summed E-state index contributed by atoms with van der Waals surface area (Å²) in [5.74, 6) is -0.556. The molecule has 0 aliphatic carbocycles. The molecule has 0 fully saturated rings. The number of rotatable bonds is 15. The smallest absolute Gasteiger partial charge is 0.353 e. The molecule has 0 aromatic heterocycles. The molecule has 0 aliphatic rings. The van der Waals surface area contributed by atoms with Crippen molar-refractivity contribution in [2.24, 2.45) is 0 Å². The highest BCUT2D eigenvalue weighted by molar-refractivity contribution is 5.93. The molecule has 6 aromatic carbocycles. The van der Waals surface area contributed by atoms with Crippen LogP contribution in [0.1, 0.15) is 22.3 Å². The Morgan fingerprint density at radius 1 is 0.649 bits per heavy atom. The van der Waals surface area contributed by atoms with Crippen molar-refractivity contribution < 1.29 is 24.0 Å².